The maximum absolute atomic E-state index is 13.7. The largest absolute Gasteiger partial charge is 0.332 e. The second-order valence-corrected chi connectivity index (χ2v) is 7.36. The Morgan fingerprint density at radius 1 is 1.03 bits per heavy atom. The van der Waals surface area contributed by atoms with E-state index >= 15 is 0 Å². The molecule has 0 aliphatic heterocycles. The highest BCUT2D eigenvalue weighted by Gasteiger charge is 2.16. The van der Waals surface area contributed by atoms with Crippen LogP contribution >= 0.6 is 24.4 Å². The minimum Gasteiger partial charge on any atom is -0.330 e. The first-order chi connectivity index (χ1) is 14.3. The Labute approximate surface area is 184 Å². The first-order valence-corrected chi connectivity index (χ1v) is 9.84. The molecule has 0 saturated carbocycles. The highest BCUT2D eigenvalue weighted by atomic mass is 35.5. The Morgan fingerprint density at radius 2 is 1.73 bits per heavy atom. The Bertz CT molecular complexity index is 1060. The molecule has 0 aromatic heterocycles. The van der Waals surface area contributed by atoms with Crippen LogP contribution in [0.3, 0.4) is 0 Å². The number of halogens is 2. The second kappa shape index (κ2) is 9.65. The summed E-state index contributed by atoms with van der Waals surface area (Å²) in [6, 6.07) is 18.7. The molecule has 154 valence electrons. The molecule has 0 aliphatic carbocycles. The molecule has 0 radical (unpaired) electrons. The molecule has 8 heteroatoms. The van der Waals surface area contributed by atoms with Gasteiger partial charge in [-0.25, -0.2) is 13.5 Å². The number of hydrogen-bond acceptors (Lipinski definition) is 3. The molecule has 3 rings (SSSR count). The van der Waals surface area contributed by atoms with E-state index in [2.05, 4.69) is 23.4 Å². The lowest BCUT2D eigenvalue weighted by Gasteiger charge is -2.21. The summed E-state index contributed by atoms with van der Waals surface area (Å²) in [5, 5.41) is 6.04. The maximum Gasteiger partial charge on any atom is 0.332 e. The zero-order chi connectivity index (χ0) is 21.7. The molecule has 1 unspecified atom stereocenters. The van der Waals surface area contributed by atoms with Gasteiger partial charge in [0.15, 0.2) is 0 Å². The van der Waals surface area contributed by atoms with E-state index in [4.69, 9.17) is 11.6 Å². The summed E-state index contributed by atoms with van der Waals surface area (Å²) in [5.74, 6) is -1.16. The van der Waals surface area contributed by atoms with Crippen molar-refractivity contribution in [3.05, 3.63) is 94.8 Å². The summed E-state index contributed by atoms with van der Waals surface area (Å²) in [7, 11) is 0. The molecule has 1 atom stereocenters. The minimum absolute atomic E-state index is 0.0493. The van der Waals surface area contributed by atoms with E-state index in [0.717, 1.165) is 9.87 Å². The van der Waals surface area contributed by atoms with E-state index in [9.17, 15) is 14.0 Å². The first-order valence-electron chi connectivity index (χ1n) is 9.06. The predicted octanol–water partition coefficient (Wildman–Crippen LogP) is 5.85. The Balaban J connectivity index is 1.63. The number of rotatable bonds is 5. The van der Waals surface area contributed by atoms with Crippen molar-refractivity contribution >= 4 is 47.7 Å². The number of carbonyl (C=O) groups excluding carboxylic acids is 2. The quantitative estimate of drug-likeness (QED) is 0.433. The van der Waals surface area contributed by atoms with Gasteiger partial charge in [0.2, 0.25) is 0 Å². The number of carbonyl (C=O) groups is 2. The van der Waals surface area contributed by atoms with Gasteiger partial charge in [-0.1, -0.05) is 48.7 Å². The van der Waals surface area contributed by atoms with E-state index in [1.54, 1.807) is 42.5 Å². The molecule has 2 N–H and O–H groups in total. The highest BCUT2D eigenvalue weighted by Crippen LogP contribution is 2.22. The van der Waals surface area contributed by atoms with Gasteiger partial charge in [0, 0.05) is 10.7 Å². The SMILES string of the molecule is CC(NC(=O)N(S)c1ccc(NC(=O)c2ccccc2F)cc1)c1cccc(Cl)c1. The van der Waals surface area contributed by atoms with E-state index in [1.807, 2.05) is 19.1 Å². The normalized spacial score (nSPS) is 11.5. The van der Waals surface area contributed by atoms with Gasteiger partial charge in [-0.3, -0.25) is 4.79 Å². The third-order valence-corrected chi connectivity index (χ3v) is 5.02. The van der Waals surface area contributed by atoms with Crippen molar-refractivity contribution in [3.8, 4) is 0 Å². The van der Waals surface area contributed by atoms with Crippen molar-refractivity contribution in [1.29, 1.82) is 0 Å². The van der Waals surface area contributed by atoms with Crippen LogP contribution in [0.4, 0.5) is 20.6 Å². The summed E-state index contributed by atoms with van der Waals surface area (Å²) in [6.45, 7) is 1.84. The number of anilines is 2. The molecular weight excluding hydrogens is 425 g/mol. The first kappa shape index (κ1) is 21.7. The third-order valence-electron chi connectivity index (χ3n) is 4.37. The van der Waals surface area contributed by atoms with Gasteiger partial charge in [-0.2, -0.15) is 0 Å². The standard InChI is InChI=1S/C22H19ClFN3O2S/c1-14(15-5-4-6-16(23)13-15)25-22(29)27(30)18-11-9-17(10-12-18)26-21(28)19-7-2-3-8-20(19)24/h2-14,30H,1H3,(H,25,29)(H,26,28). The van der Waals surface area contributed by atoms with Crippen LogP contribution in [0, 0.1) is 5.82 Å². The zero-order valence-corrected chi connectivity index (χ0v) is 17.6. The number of hydrogen-bond donors (Lipinski definition) is 3. The van der Waals surface area contributed by atoms with Crippen LogP contribution in [0.1, 0.15) is 28.9 Å². The van der Waals surface area contributed by atoms with Gasteiger partial charge in [-0.05, 0) is 61.0 Å². The van der Waals surface area contributed by atoms with Gasteiger partial charge >= 0.3 is 6.03 Å². The number of nitrogens with one attached hydrogen (secondary N) is 2. The smallest absolute Gasteiger partial charge is 0.330 e. The molecule has 3 aromatic rings. The molecule has 0 bridgehead atoms. The predicted molar refractivity (Wildman–Crippen MR) is 121 cm³/mol. The minimum atomic E-state index is -0.598. The number of amides is 3. The number of urea groups is 1. The molecule has 3 amide bonds. The molecular formula is C22H19ClFN3O2S. The lowest BCUT2D eigenvalue weighted by atomic mass is 10.1. The average Bonchev–Trinajstić information content (AvgIpc) is 2.74. The topological polar surface area (TPSA) is 61.4 Å². The molecule has 0 fully saturated rings. The van der Waals surface area contributed by atoms with Gasteiger partial charge in [0.25, 0.3) is 5.91 Å². The second-order valence-electron chi connectivity index (χ2n) is 6.52. The van der Waals surface area contributed by atoms with Crippen LogP contribution in [0.5, 0.6) is 0 Å². The van der Waals surface area contributed by atoms with Crippen molar-refractivity contribution in [2.45, 2.75) is 13.0 Å². The number of nitrogens with zero attached hydrogens (tertiary/aromatic N) is 1. The highest BCUT2D eigenvalue weighted by molar-refractivity contribution is 7.82. The molecule has 0 heterocycles. The van der Waals surface area contributed by atoms with Gasteiger partial charge in [0.1, 0.15) is 5.82 Å². The number of benzene rings is 3. The van der Waals surface area contributed by atoms with Crippen LogP contribution in [0.2, 0.25) is 5.02 Å². The fourth-order valence-electron chi connectivity index (χ4n) is 2.75. The fraction of sp³-hybridized carbons (Fsp3) is 0.0909. The van der Waals surface area contributed by atoms with Crippen molar-refractivity contribution in [2.24, 2.45) is 0 Å². The zero-order valence-electron chi connectivity index (χ0n) is 16.0. The molecule has 0 spiro atoms. The maximum atomic E-state index is 13.7. The van der Waals surface area contributed by atoms with Crippen molar-refractivity contribution in [2.75, 3.05) is 9.62 Å². The van der Waals surface area contributed by atoms with Crippen LogP contribution < -0.4 is 14.9 Å². The fourth-order valence-corrected chi connectivity index (χ4v) is 3.14. The van der Waals surface area contributed by atoms with Crippen LogP contribution in [0.25, 0.3) is 0 Å². The summed E-state index contributed by atoms with van der Waals surface area (Å²) in [4.78, 5) is 24.7. The monoisotopic (exact) mass is 443 g/mol. The molecule has 0 saturated heterocycles. The van der Waals surface area contributed by atoms with Crippen molar-refractivity contribution < 1.29 is 14.0 Å². The molecule has 3 aromatic carbocycles. The van der Waals surface area contributed by atoms with Crippen molar-refractivity contribution in [3.63, 3.8) is 0 Å². The van der Waals surface area contributed by atoms with Gasteiger partial charge < -0.3 is 10.6 Å². The molecule has 30 heavy (non-hydrogen) atoms. The lowest BCUT2D eigenvalue weighted by molar-refractivity contribution is 0.102. The van der Waals surface area contributed by atoms with Crippen molar-refractivity contribution in [1.82, 2.24) is 5.32 Å². The summed E-state index contributed by atoms with van der Waals surface area (Å²) in [6.07, 6.45) is 0. The Morgan fingerprint density at radius 3 is 2.40 bits per heavy atom. The molecule has 0 aliphatic rings. The van der Waals surface area contributed by atoms with E-state index in [0.29, 0.717) is 16.4 Å². The molecule has 5 nitrogen and oxygen atoms in total. The van der Waals surface area contributed by atoms with Crippen LogP contribution in [-0.2, 0) is 0 Å². The van der Waals surface area contributed by atoms with Gasteiger partial charge in [0.05, 0.1) is 17.3 Å². The summed E-state index contributed by atoms with van der Waals surface area (Å²) >= 11 is 10.2. The summed E-state index contributed by atoms with van der Waals surface area (Å²) < 4.78 is 14.9. The van der Waals surface area contributed by atoms with E-state index in [-0.39, 0.29) is 11.6 Å². The summed E-state index contributed by atoms with van der Waals surface area (Å²) in [5.41, 5.74) is 1.77. The van der Waals surface area contributed by atoms with Gasteiger partial charge in [-0.15, -0.1) is 0 Å². The van der Waals surface area contributed by atoms with Crippen LogP contribution in [0.15, 0.2) is 72.8 Å². The number of thiol groups is 1. The average molecular weight is 444 g/mol. The van der Waals surface area contributed by atoms with E-state index < -0.39 is 17.8 Å². The van der Waals surface area contributed by atoms with E-state index in [1.165, 1.54) is 18.2 Å². The van der Waals surface area contributed by atoms with Crippen LogP contribution in [-0.4, -0.2) is 11.9 Å². The third kappa shape index (κ3) is 5.31. The lowest BCUT2D eigenvalue weighted by Crippen LogP contribution is -2.35. The Kier molecular flexibility index (Phi) is 6.97. The Hall–Kier alpha value is -3.03.